The average molecular weight is 469 g/mol. The summed E-state index contributed by atoms with van der Waals surface area (Å²) in [6.45, 7) is 0.872. The smallest absolute Gasteiger partial charge is 0.230 e. The molecule has 9 heteroatoms. The Hall–Kier alpha value is -3.23. The Labute approximate surface area is 194 Å². The number of carbonyl (C=O) groups excluding carboxylic acids is 1. The fourth-order valence-electron chi connectivity index (χ4n) is 3.07. The molecule has 164 valence electrons. The molecule has 2 aromatic heterocycles. The van der Waals surface area contributed by atoms with Crippen molar-refractivity contribution < 1.29 is 13.9 Å². The number of furan rings is 1. The van der Waals surface area contributed by atoms with E-state index in [-0.39, 0.29) is 11.7 Å². The van der Waals surface area contributed by atoms with Crippen molar-refractivity contribution in [2.75, 3.05) is 12.9 Å². The summed E-state index contributed by atoms with van der Waals surface area (Å²) >= 11 is 7.34. The van der Waals surface area contributed by atoms with Gasteiger partial charge in [0.1, 0.15) is 11.5 Å². The molecule has 7 nitrogen and oxygen atoms in total. The minimum Gasteiger partial charge on any atom is -0.497 e. The van der Waals surface area contributed by atoms with Gasteiger partial charge in [0.25, 0.3) is 0 Å². The first kappa shape index (κ1) is 22.0. The van der Waals surface area contributed by atoms with Crippen molar-refractivity contribution >= 4 is 29.3 Å². The molecule has 1 N–H and O–H groups in total. The summed E-state index contributed by atoms with van der Waals surface area (Å²) < 4.78 is 12.7. The van der Waals surface area contributed by atoms with E-state index in [1.807, 2.05) is 65.2 Å². The largest absolute Gasteiger partial charge is 0.497 e. The quantitative estimate of drug-likeness (QED) is 0.360. The maximum Gasteiger partial charge on any atom is 0.230 e. The van der Waals surface area contributed by atoms with E-state index in [2.05, 4.69) is 15.5 Å². The van der Waals surface area contributed by atoms with Gasteiger partial charge < -0.3 is 14.5 Å². The molecule has 0 saturated heterocycles. The van der Waals surface area contributed by atoms with Gasteiger partial charge in [0, 0.05) is 17.1 Å². The summed E-state index contributed by atoms with van der Waals surface area (Å²) in [7, 11) is 1.62. The highest BCUT2D eigenvalue weighted by atomic mass is 35.5. The van der Waals surface area contributed by atoms with Crippen LogP contribution < -0.4 is 10.1 Å². The first-order chi connectivity index (χ1) is 15.6. The Bertz CT molecular complexity index is 1180. The van der Waals surface area contributed by atoms with Crippen LogP contribution >= 0.6 is 23.4 Å². The molecule has 0 bridgehead atoms. The number of hydrogen-bond donors (Lipinski definition) is 1. The number of carbonyl (C=O) groups is 1. The number of thioether (sulfide) groups is 1. The van der Waals surface area contributed by atoms with Crippen LogP contribution in [0.3, 0.4) is 0 Å². The molecule has 4 rings (SSSR count). The fourth-order valence-corrected chi connectivity index (χ4v) is 3.97. The topological polar surface area (TPSA) is 82.2 Å². The number of rotatable bonds is 9. The molecule has 2 aromatic carbocycles. The normalized spacial score (nSPS) is 10.8. The zero-order valence-corrected chi connectivity index (χ0v) is 18.9. The van der Waals surface area contributed by atoms with Gasteiger partial charge >= 0.3 is 0 Å². The molecule has 0 saturated carbocycles. The minimum atomic E-state index is -0.0987. The summed E-state index contributed by atoms with van der Waals surface area (Å²) in [4.78, 5) is 12.4. The van der Waals surface area contributed by atoms with Crippen LogP contribution in [-0.4, -0.2) is 33.5 Å². The Morgan fingerprint density at radius 3 is 2.75 bits per heavy atom. The van der Waals surface area contributed by atoms with Crippen LogP contribution in [0.1, 0.15) is 11.3 Å². The Kier molecular flexibility index (Phi) is 7.14. The van der Waals surface area contributed by atoms with Crippen LogP contribution in [0.15, 0.2) is 76.5 Å². The van der Waals surface area contributed by atoms with Gasteiger partial charge in [-0.05, 0) is 54.1 Å². The number of amides is 1. The summed E-state index contributed by atoms with van der Waals surface area (Å²) in [5, 5.41) is 12.9. The molecule has 4 aromatic rings. The van der Waals surface area contributed by atoms with E-state index in [0.717, 1.165) is 22.6 Å². The van der Waals surface area contributed by atoms with Crippen molar-refractivity contribution in [2.24, 2.45) is 0 Å². The summed E-state index contributed by atoms with van der Waals surface area (Å²) in [5.41, 5.74) is 1.84. The SMILES string of the molecule is COc1cccc(CNC(=O)CSc2nnc(-c3ccc(Cl)cc3)n2Cc2ccco2)c1. The zero-order valence-electron chi connectivity index (χ0n) is 17.3. The van der Waals surface area contributed by atoms with Gasteiger partial charge in [0.2, 0.25) is 5.91 Å². The molecule has 0 unspecified atom stereocenters. The van der Waals surface area contributed by atoms with Gasteiger partial charge in [0.05, 0.1) is 25.7 Å². The lowest BCUT2D eigenvalue weighted by atomic mass is 10.2. The molecule has 0 aliphatic heterocycles. The third-order valence-corrected chi connectivity index (χ3v) is 5.89. The van der Waals surface area contributed by atoms with E-state index in [0.29, 0.717) is 29.1 Å². The van der Waals surface area contributed by atoms with E-state index in [9.17, 15) is 4.79 Å². The molecule has 1 amide bonds. The van der Waals surface area contributed by atoms with E-state index >= 15 is 0 Å². The van der Waals surface area contributed by atoms with Crippen LogP contribution in [0, 0.1) is 0 Å². The predicted octanol–water partition coefficient (Wildman–Crippen LogP) is 4.66. The van der Waals surface area contributed by atoms with Crippen LogP contribution in [0.4, 0.5) is 0 Å². The van der Waals surface area contributed by atoms with Gasteiger partial charge in [0.15, 0.2) is 11.0 Å². The first-order valence-electron chi connectivity index (χ1n) is 9.86. The second-order valence-corrected chi connectivity index (χ2v) is 8.27. The Morgan fingerprint density at radius 2 is 2.00 bits per heavy atom. The highest BCUT2D eigenvalue weighted by Crippen LogP contribution is 2.26. The monoisotopic (exact) mass is 468 g/mol. The second kappa shape index (κ2) is 10.4. The summed E-state index contributed by atoms with van der Waals surface area (Å²) in [5.74, 6) is 2.31. The summed E-state index contributed by atoms with van der Waals surface area (Å²) in [6.07, 6.45) is 1.63. The third-order valence-electron chi connectivity index (χ3n) is 4.67. The van der Waals surface area contributed by atoms with Crippen LogP contribution in [0.2, 0.25) is 5.02 Å². The average Bonchev–Trinajstić information content (AvgIpc) is 3.47. The van der Waals surface area contributed by atoms with Crippen molar-refractivity contribution in [3.8, 4) is 17.1 Å². The minimum absolute atomic E-state index is 0.0987. The lowest BCUT2D eigenvalue weighted by molar-refractivity contribution is -0.118. The predicted molar refractivity (Wildman–Crippen MR) is 124 cm³/mol. The van der Waals surface area contributed by atoms with Crippen molar-refractivity contribution in [1.29, 1.82) is 0 Å². The molecule has 0 aliphatic carbocycles. The molecule has 0 fully saturated rings. The number of ether oxygens (including phenoxy) is 1. The second-order valence-electron chi connectivity index (χ2n) is 6.90. The van der Waals surface area contributed by atoms with Crippen molar-refractivity contribution in [1.82, 2.24) is 20.1 Å². The van der Waals surface area contributed by atoms with Crippen LogP contribution in [-0.2, 0) is 17.9 Å². The van der Waals surface area contributed by atoms with E-state index < -0.39 is 0 Å². The Morgan fingerprint density at radius 1 is 1.16 bits per heavy atom. The van der Waals surface area contributed by atoms with Gasteiger partial charge in [-0.1, -0.05) is 35.5 Å². The number of halogens is 1. The van der Waals surface area contributed by atoms with Crippen molar-refractivity contribution in [3.63, 3.8) is 0 Å². The van der Waals surface area contributed by atoms with Gasteiger partial charge in [-0.15, -0.1) is 10.2 Å². The van der Waals surface area contributed by atoms with Gasteiger partial charge in [-0.3, -0.25) is 9.36 Å². The lowest BCUT2D eigenvalue weighted by Crippen LogP contribution is -2.24. The molecule has 0 aliphatic rings. The number of benzene rings is 2. The maximum absolute atomic E-state index is 12.4. The highest BCUT2D eigenvalue weighted by Gasteiger charge is 2.17. The number of methoxy groups -OCH3 is 1. The van der Waals surface area contributed by atoms with E-state index in [4.69, 9.17) is 20.8 Å². The molecule has 32 heavy (non-hydrogen) atoms. The first-order valence-corrected chi connectivity index (χ1v) is 11.2. The number of nitrogens with one attached hydrogen (secondary N) is 1. The molecular formula is C23H21ClN4O3S. The number of hydrogen-bond acceptors (Lipinski definition) is 6. The molecule has 2 heterocycles. The highest BCUT2D eigenvalue weighted by molar-refractivity contribution is 7.99. The van der Waals surface area contributed by atoms with Crippen molar-refractivity contribution in [3.05, 3.63) is 83.3 Å². The zero-order chi connectivity index (χ0) is 22.3. The molecule has 0 radical (unpaired) electrons. The van der Waals surface area contributed by atoms with Crippen LogP contribution in [0.25, 0.3) is 11.4 Å². The van der Waals surface area contributed by atoms with E-state index in [1.165, 1.54) is 11.8 Å². The summed E-state index contributed by atoms with van der Waals surface area (Å²) in [6, 6.07) is 18.7. The number of nitrogens with zero attached hydrogens (tertiary/aromatic N) is 3. The van der Waals surface area contributed by atoms with Gasteiger partial charge in [-0.2, -0.15) is 0 Å². The molecule has 0 atom stereocenters. The van der Waals surface area contributed by atoms with Crippen molar-refractivity contribution in [2.45, 2.75) is 18.2 Å². The van der Waals surface area contributed by atoms with Crippen LogP contribution in [0.5, 0.6) is 5.75 Å². The Balaban J connectivity index is 1.45. The van der Waals surface area contributed by atoms with Gasteiger partial charge in [-0.25, -0.2) is 0 Å². The number of aromatic nitrogens is 3. The molecular weight excluding hydrogens is 448 g/mol. The molecule has 0 spiro atoms. The maximum atomic E-state index is 12.4. The standard InChI is InChI=1S/C23H21ClN4O3S/c1-30-19-5-2-4-16(12-19)13-25-21(29)15-32-23-27-26-22(17-7-9-18(24)10-8-17)28(23)14-20-6-3-11-31-20/h2-12H,13-15H2,1H3,(H,25,29). The lowest BCUT2D eigenvalue weighted by Gasteiger charge is -2.09. The fraction of sp³-hybridized carbons (Fsp3) is 0.174. The third kappa shape index (κ3) is 5.52. The van der Waals surface area contributed by atoms with E-state index in [1.54, 1.807) is 13.4 Å².